The number of halogens is 1. The summed E-state index contributed by atoms with van der Waals surface area (Å²) in [4.78, 5) is 0. The Bertz CT molecular complexity index is 342. The second kappa shape index (κ2) is 5.35. The summed E-state index contributed by atoms with van der Waals surface area (Å²) < 4.78 is 5.13. The fourth-order valence-electron chi connectivity index (χ4n) is 1.43. The molecule has 1 aromatic carbocycles. The molecule has 1 atom stereocenters. The Morgan fingerprint density at radius 3 is 2.73 bits per heavy atom. The molecule has 0 heterocycles. The van der Waals surface area contributed by atoms with Crippen molar-refractivity contribution in [1.29, 1.82) is 0 Å². The van der Waals surface area contributed by atoms with Gasteiger partial charge in [0.1, 0.15) is 5.75 Å². The van der Waals surface area contributed by atoms with Gasteiger partial charge >= 0.3 is 0 Å². The van der Waals surface area contributed by atoms with Crippen molar-refractivity contribution in [3.05, 3.63) is 28.3 Å². The van der Waals surface area contributed by atoms with E-state index in [4.69, 9.17) is 16.3 Å². The molecule has 84 valence electrons. The standard InChI is InChI=1S/C11H16ClNO2/c1-7-4-8(15-3)5-9(11(7)12)10(14)6-13-2/h4-5,10,13-14H,6H2,1-3H3. The summed E-state index contributed by atoms with van der Waals surface area (Å²) in [6, 6.07) is 3.61. The molecular weight excluding hydrogens is 214 g/mol. The molecule has 0 radical (unpaired) electrons. The molecule has 0 fully saturated rings. The van der Waals surface area contributed by atoms with Crippen LogP contribution in [0.2, 0.25) is 5.02 Å². The molecule has 3 nitrogen and oxygen atoms in total. The van der Waals surface area contributed by atoms with Gasteiger partial charge in [0.2, 0.25) is 0 Å². The smallest absolute Gasteiger partial charge is 0.119 e. The number of methoxy groups -OCH3 is 1. The molecule has 2 N–H and O–H groups in total. The molecule has 0 saturated heterocycles. The summed E-state index contributed by atoms with van der Waals surface area (Å²) in [5.41, 5.74) is 1.60. The first-order chi connectivity index (χ1) is 7.10. The number of nitrogens with one attached hydrogen (secondary N) is 1. The van der Waals surface area contributed by atoms with Crippen LogP contribution in [-0.4, -0.2) is 25.8 Å². The summed E-state index contributed by atoms with van der Waals surface area (Å²) in [6.07, 6.45) is -0.615. The second-order valence-corrected chi connectivity index (χ2v) is 3.80. The fraction of sp³-hybridized carbons (Fsp3) is 0.455. The number of aryl methyl sites for hydroxylation is 1. The minimum atomic E-state index is -0.615. The zero-order valence-corrected chi connectivity index (χ0v) is 9.93. The first kappa shape index (κ1) is 12.3. The lowest BCUT2D eigenvalue weighted by molar-refractivity contribution is 0.177. The minimum absolute atomic E-state index is 0.465. The van der Waals surface area contributed by atoms with Gasteiger partial charge in [-0.3, -0.25) is 0 Å². The lowest BCUT2D eigenvalue weighted by Crippen LogP contribution is -2.17. The van der Waals surface area contributed by atoms with Crippen molar-refractivity contribution in [3.8, 4) is 5.75 Å². The zero-order valence-electron chi connectivity index (χ0n) is 9.17. The van der Waals surface area contributed by atoms with Gasteiger partial charge in [0, 0.05) is 17.1 Å². The third-order valence-electron chi connectivity index (χ3n) is 2.25. The molecule has 0 aliphatic rings. The van der Waals surface area contributed by atoms with Gasteiger partial charge in [0.05, 0.1) is 13.2 Å². The maximum absolute atomic E-state index is 9.84. The van der Waals surface area contributed by atoms with Crippen molar-refractivity contribution in [1.82, 2.24) is 5.32 Å². The maximum Gasteiger partial charge on any atom is 0.119 e. The predicted octanol–water partition coefficient (Wildman–Crippen LogP) is 1.91. The van der Waals surface area contributed by atoms with E-state index >= 15 is 0 Å². The SMILES string of the molecule is CNCC(O)c1cc(OC)cc(C)c1Cl. The van der Waals surface area contributed by atoms with Crippen LogP contribution in [0.15, 0.2) is 12.1 Å². The number of rotatable bonds is 4. The van der Waals surface area contributed by atoms with Gasteiger partial charge in [-0.1, -0.05) is 11.6 Å². The van der Waals surface area contributed by atoms with Gasteiger partial charge in [-0.25, -0.2) is 0 Å². The van der Waals surface area contributed by atoms with Gasteiger partial charge in [0.25, 0.3) is 0 Å². The molecule has 1 rings (SSSR count). The van der Waals surface area contributed by atoms with Crippen LogP contribution in [-0.2, 0) is 0 Å². The molecular formula is C11H16ClNO2. The molecule has 0 aromatic heterocycles. The molecule has 1 aromatic rings. The molecule has 15 heavy (non-hydrogen) atoms. The molecule has 0 bridgehead atoms. The summed E-state index contributed by atoms with van der Waals surface area (Å²) in [5, 5.41) is 13.3. The average Bonchev–Trinajstić information content (AvgIpc) is 2.22. The fourth-order valence-corrected chi connectivity index (χ4v) is 1.66. The minimum Gasteiger partial charge on any atom is -0.497 e. The lowest BCUT2D eigenvalue weighted by atomic mass is 10.1. The zero-order chi connectivity index (χ0) is 11.4. The highest BCUT2D eigenvalue weighted by atomic mass is 35.5. The summed E-state index contributed by atoms with van der Waals surface area (Å²) in [5.74, 6) is 0.710. The molecule has 0 aliphatic carbocycles. The number of aliphatic hydroxyl groups excluding tert-OH is 1. The Kier molecular flexibility index (Phi) is 4.39. The van der Waals surface area contributed by atoms with Crippen molar-refractivity contribution in [3.63, 3.8) is 0 Å². The quantitative estimate of drug-likeness (QED) is 0.829. The molecule has 0 aliphatic heterocycles. The number of likely N-dealkylation sites (N-methyl/N-ethyl adjacent to an activating group) is 1. The van der Waals surface area contributed by atoms with Crippen molar-refractivity contribution in [2.75, 3.05) is 20.7 Å². The van der Waals surface area contributed by atoms with Gasteiger partial charge in [-0.05, 0) is 31.7 Å². The van der Waals surface area contributed by atoms with Gasteiger partial charge in [0.15, 0.2) is 0 Å². The first-order valence-electron chi connectivity index (χ1n) is 4.76. The Hall–Kier alpha value is -0.770. The molecule has 0 saturated carbocycles. The van der Waals surface area contributed by atoms with E-state index in [0.717, 1.165) is 5.56 Å². The van der Waals surface area contributed by atoms with Crippen LogP contribution in [0.1, 0.15) is 17.2 Å². The maximum atomic E-state index is 9.84. The van der Waals surface area contributed by atoms with Crippen LogP contribution in [0, 0.1) is 6.92 Å². The van der Waals surface area contributed by atoms with E-state index in [0.29, 0.717) is 22.9 Å². The van der Waals surface area contributed by atoms with Crippen LogP contribution in [0.25, 0.3) is 0 Å². The number of hydrogen-bond donors (Lipinski definition) is 2. The lowest BCUT2D eigenvalue weighted by Gasteiger charge is -2.15. The van der Waals surface area contributed by atoms with Crippen molar-refractivity contribution < 1.29 is 9.84 Å². The number of hydrogen-bond acceptors (Lipinski definition) is 3. The first-order valence-corrected chi connectivity index (χ1v) is 5.14. The van der Waals surface area contributed by atoms with Crippen LogP contribution in [0.3, 0.4) is 0 Å². The predicted molar refractivity (Wildman–Crippen MR) is 61.6 cm³/mol. The molecule has 4 heteroatoms. The second-order valence-electron chi connectivity index (χ2n) is 3.42. The summed E-state index contributed by atoms with van der Waals surface area (Å²) in [7, 11) is 3.38. The summed E-state index contributed by atoms with van der Waals surface area (Å²) in [6.45, 7) is 2.35. The average molecular weight is 230 g/mol. The van der Waals surface area contributed by atoms with E-state index in [2.05, 4.69) is 5.32 Å². The molecule has 0 amide bonds. The van der Waals surface area contributed by atoms with Gasteiger partial charge in [-0.2, -0.15) is 0 Å². The largest absolute Gasteiger partial charge is 0.497 e. The highest BCUT2D eigenvalue weighted by Crippen LogP contribution is 2.30. The summed E-state index contributed by atoms with van der Waals surface area (Å²) >= 11 is 6.11. The third kappa shape index (κ3) is 2.84. The third-order valence-corrected chi connectivity index (χ3v) is 2.76. The van der Waals surface area contributed by atoms with Crippen LogP contribution < -0.4 is 10.1 Å². The van der Waals surface area contributed by atoms with Gasteiger partial charge < -0.3 is 15.2 Å². The van der Waals surface area contributed by atoms with Crippen molar-refractivity contribution in [2.24, 2.45) is 0 Å². The van der Waals surface area contributed by atoms with Crippen LogP contribution in [0.5, 0.6) is 5.75 Å². The topological polar surface area (TPSA) is 41.5 Å². The van der Waals surface area contributed by atoms with E-state index in [1.807, 2.05) is 13.0 Å². The Labute approximate surface area is 95.0 Å². The Morgan fingerprint density at radius 1 is 1.53 bits per heavy atom. The van der Waals surface area contributed by atoms with E-state index in [-0.39, 0.29) is 0 Å². The van der Waals surface area contributed by atoms with E-state index in [1.165, 1.54) is 0 Å². The highest BCUT2D eigenvalue weighted by Gasteiger charge is 2.14. The van der Waals surface area contributed by atoms with E-state index in [9.17, 15) is 5.11 Å². The highest BCUT2D eigenvalue weighted by molar-refractivity contribution is 6.32. The van der Waals surface area contributed by atoms with E-state index < -0.39 is 6.10 Å². The van der Waals surface area contributed by atoms with Crippen LogP contribution >= 0.6 is 11.6 Å². The van der Waals surface area contributed by atoms with Crippen molar-refractivity contribution in [2.45, 2.75) is 13.0 Å². The van der Waals surface area contributed by atoms with Crippen molar-refractivity contribution >= 4 is 11.6 Å². The Morgan fingerprint density at radius 2 is 2.20 bits per heavy atom. The number of ether oxygens (including phenoxy) is 1. The van der Waals surface area contributed by atoms with Crippen LogP contribution in [0.4, 0.5) is 0 Å². The monoisotopic (exact) mass is 229 g/mol. The number of aliphatic hydroxyl groups is 1. The molecule has 1 unspecified atom stereocenters. The van der Waals surface area contributed by atoms with E-state index in [1.54, 1.807) is 20.2 Å². The molecule has 0 spiro atoms. The number of benzene rings is 1. The Balaban J connectivity index is 3.09. The normalized spacial score (nSPS) is 12.6. The van der Waals surface area contributed by atoms with Gasteiger partial charge in [-0.15, -0.1) is 0 Å².